The zero-order chi connectivity index (χ0) is 28.3. The van der Waals surface area contributed by atoms with Gasteiger partial charge >= 0.3 is 0 Å². The molecule has 4 aromatic rings. The smallest absolute Gasteiger partial charge is 0.269 e. The zero-order valence-corrected chi connectivity index (χ0v) is 22.1. The summed E-state index contributed by atoms with van der Waals surface area (Å²) in [7, 11) is 0. The van der Waals surface area contributed by atoms with Crippen molar-refractivity contribution in [2.45, 2.75) is 13.3 Å². The van der Waals surface area contributed by atoms with Crippen molar-refractivity contribution in [3.63, 3.8) is 0 Å². The maximum atomic E-state index is 12.4. The number of non-ortho nitro benzene ring substituents is 1. The van der Waals surface area contributed by atoms with Gasteiger partial charge in [-0.15, -0.1) is 10.2 Å². The van der Waals surface area contributed by atoms with Gasteiger partial charge in [-0.1, -0.05) is 29.5 Å². The number of carbonyl (C=O) groups is 2. The molecular weight excluding hydrogens is 536 g/mol. The van der Waals surface area contributed by atoms with Crippen LogP contribution in [-0.4, -0.2) is 46.4 Å². The van der Waals surface area contributed by atoms with Gasteiger partial charge in [0.2, 0.25) is 11.0 Å². The number of hydrazone groups is 1. The SMILES string of the molecule is Cc1ccccc1C(=O)Nc1nnc(CC(=O)N/N=C\c2ccc(OCCOc3ccc([N+](=O)[O-])cc3)cc2)s1. The van der Waals surface area contributed by atoms with E-state index in [-0.39, 0.29) is 37.1 Å². The van der Waals surface area contributed by atoms with Crippen LogP contribution in [0.25, 0.3) is 0 Å². The lowest BCUT2D eigenvalue weighted by Crippen LogP contribution is -2.19. The fourth-order valence-corrected chi connectivity index (χ4v) is 4.09. The summed E-state index contributed by atoms with van der Waals surface area (Å²) in [6.45, 7) is 2.39. The molecule has 0 bridgehead atoms. The Morgan fingerprint density at radius 2 is 1.62 bits per heavy atom. The van der Waals surface area contributed by atoms with E-state index < -0.39 is 4.92 Å². The number of hydrogen-bond acceptors (Lipinski definition) is 10. The lowest BCUT2D eigenvalue weighted by Gasteiger charge is -2.08. The number of ether oxygens (including phenoxy) is 2. The van der Waals surface area contributed by atoms with Crippen LogP contribution in [0.15, 0.2) is 77.9 Å². The molecule has 2 amide bonds. The van der Waals surface area contributed by atoms with Gasteiger partial charge in [0.1, 0.15) is 29.7 Å². The highest BCUT2D eigenvalue weighted by atomic mass is 32.1. The van der Waals surface area contributed by atoms with Crippen LogP contribution in [0.1, 0.15) is 26.5 Å². The van der Waals surface area contributed by atoms with E-state index in [1.807, 2.05) is 19.1 Å². The number of rotatable bonds is 12. The van der Waals surface area contributed by atoms with Gasteiger partial charge in [-0.2, -0.15) is 5.10 Å². The van der Waals surface area contributed by atoms with Crippen molar-refractivity contribution < 1.29 is 24.0 Å². The molecule has 2 N–H and O–H groups in total. The van der Waals surface area contributed by atoms with Gasteiger partial charge < -0.3 is 9.47 Å². The van der Waals surface area contributed by atoms with Crippen LogP contribution >= 0.6 is 11.3 Å². The number of carbonyl (C=O) groups excluding carboxylic acids is 2. The van der Waals surface area contributed by atoms with Crippen LogP contribution in [0.3, 0.4) is 0 Å². The molecule has 40 heavy (non-hydrogen) atoms. The molecule has 0 aliphatic heterocycles. The molecule has 12 nitrogen and oxygen atoms in total. The van der Waals surface area contributed by atoms with E-state index in [2.05, 4.69) is 26.0 Å². The fraction of sp³-hybridized carbons (Fsp3) is 0.148. The standard InChI is InChI=1S/C27H24N6O6S/c1-18-4-2-3-5-23(18)26(35)29-27-32-31-25(40-27)16-24(34)30-28-17-19-6-10-21(11-7-19)38-14-15-39-22-12-8-20(9-13-22)33(36)37/h2-13,17H,14-16H2,1H3,(H,30,34)(H,29,32,35)/b28-17-. The van der Waals surface area contributed by atoms with E-state index >= 15 is 0 Å². The minimum atomic E-state index is -0.470. The third-order valence-electron chi connectivity index (χ3n) is 5.34. The molecule has 13 heteroatoms. The zero-order valence-electron chi connectivity index (χ0n) is 21.3. The van der Waals surface area contributed by atoms with Crippen LogP contribution < -0.4 is 20.2 Å². The van der Waals surface area contributed by atoms with Gasteiger partial charge in [0.05, 0.1) is 17.6 Å². The van der Waals surface area contributed by atoms with E-state index in [4.69, 9.17) is 9.47 Å². The molecule has 0 aliphatic rings. The van der Waals surface area contributed by atoms with Crippen molar-refractivity contribution in [1.82, 2.24) is 15.6 Å². The van der Waals surface area contributed by atoms with Crippen molar-refractivity contribution in [1.29, 1.82) is 0 Å². The second-order valence-electron chi connectivity index (χ2n) is 8.26. The van der Waals surface area contributed by atoms with Crippen LogP contribution in [0.5, 0.6) is 11.5 Å². The summed E-state index contributed by atoms with van der Waals surface area (Å²) in [6, 6.07) is 20.1. The van der Waals surface area contributed by atoms with E-state index in [1.165, 1.54) is 30.5 Å². The van der Waals surface area contributed by atoms with Crippen LogP contribution in [-0.2, 0) is 11.2 Å². The molecule has 0 fully saturated rings. The van der Waals surface area contributed by atoms with E-state index in [0.29, 0.717) is 27.2 Å². The average molecular weight is 561 g/mol. The lowest BCUT2D eigenvalue weighted by atomic mass is 10.1. The molecule has 0 saturated heterocycles. The number of benzene rings is 3. The van der Waals surface area contributed by atoms with Crippen molar-refractivity contribution in [2.75, 3.05) is 18.5 Å². The van der Waals surface area contributed by atoms with Gasteiger partial charge in [0.25, 0.3) is 11.6 Å². The first-order valence-electron chi connectivity index (χ1n) is 12.0. The highest BCUT2D eigenvalue weighted by Gasteiger charge is 2.13. The molecule has 0 aliphatic carbocycles. The van der Waals surface area contributed by atoms with Gasteiger partial charge in [-0.3, -0.25) is 25.0 Å². The third kappa shape index (κ3) is 8.16. The van der Waals surface area contributed by atoms with Crippen molar-refractivity contribution in [3.8, 4) is 11.5 Å². The Kier molecular flexibility index (Phi) is 9.45. The summed E-state index contributed by atoms with van der Waals surface area (Å²) in [4.78, 5) is 34.8. The second kappa shape index (κ2) is 13.6. The summed E-state index contributed by atoms with van der Waals surface area (Å²) in [5.74, 6) is 0.466. The topological polar surface area (TPSA) is 158 Å². The number of nitrogens with one attached hydrogen (secondary N) is 2. The Hall–Kier alpha value is -5.17. The molecular formula is C27H24N6O6S. The Morgan fingerprint density at radius 3 is 2.27 bits per heavy atom. The van der Waals surface area contributed by atoms with Gasteiger partial charge in [0.15, 0.2) is 0 Å². The van der Waals surface area contributed by atoms with Crippen molar-refractivity contribution in [2.24, 2.45) is 5.10 Å². The monoisotopic (exact) mass is 560 g/mol. The molecule has 0 atom stereocenters. The minimum Gasteiger partial charge on any atom is -0.490 e. The summed E-state index contributed by atoms with van der Waals surface area (Å²) in [6.07, 6.45) is 1.46. The summed E-state index contributed by atoms with van der Waals surface area (Å²) >= 11 is 1.12. The number of hydrogen-bond donors (Lipinski definition) is 2. The first-order chi connectivity index (χ1) is 19.4. The predicted molar refractivity (Wildman–Crippen MR) is 149 cm³/mol. The molecule has 0 unspecified atom stereocenters. The molecule has 4 rings (SSSR count). The number of aryl methyl sites for hydroxylation is 1. The maximum Gasteiger partial charge on any atom is 0.269 e. The molecule has 0 spiro atoms. The molecule has 1 aromatic heterocycles. The highest BCUT2D eigenvalue weighted by molar-refractivity contribution is 7.15. The van der Waals surface area contributed by atoms with Gasteiger partial charge in [-0.25, -0.2) is 5.43 Å². The highest BCUT2D eigenvalue weighted by Crippen LogP contribution is 2.19. The Bertz CT molecular complexity index is 1500. The maximum absolute atomic E-state index is 12.4. The van der Waals surface area contributed by atoms with Crippen LogP contribution in [0.4, 0.5) is 10.8 Å². The fourth-order valence-electron chi connectivity index (χ4n) is 3.36. The number of nitro groups is 1. The molecule has 1 heterocycles. The van der Waals surface area contributed by atoms with E-state index in [1.54, 1.807) is 36.4 Å². The number of amides is 2. The largest absolute Gasteiger partial charge is 0.490 e. The number of nitrogens with zero attached hydrogens (tertiary/aromatic N) is 4. The number of nitro benzene ring substituents is 1. The Morgan fingerprint density at radius 1 is 0.975 bits per heavy atom. The summed E-state index contributed by atoms with van der Waals surface area (Å²) in [5, 5.41) is 26.0. The summed E-state index contributed by atoms with van der Waals surface area (Å²) in [5.41, 5.74) is 4.57. The summed E-state index contributed by atoms with van der Waals surface area (Å²) < 4.78 is 11.1. The predicted octanol–water partition coefficient (Wildman–Crippen LogP) is 4.16. The Balaban J connectivity index is 1.16. The van der Waals surface area contributed by atoms with Crippen molar-refractivity contribution >= 4 is 40.2 Å². The molecule has 0 radical (unpaired) electrons. The number of aromatic nitrogens is 2. The molecule has 0 saturated carbocycles. The van der Waals surface area contributed by atoms with Gasteiger partial charge in [0, 0.05) is 17.7 Å². The molecule has 3 aromatic carbocycles. The first-order valence-corrected chi connectivity index (χ1v) is 12.8. The number of anilines is 1. The van der Waals surface area contributed by atoms with Crippen molar-refractivity contribution in [3.05, 3.63) is 105 Å². The Labute approximate surface area is 232 Å². The second-order valence-corrected chi connectivity index (χ2v) is 9.32. The molecule has 204 valence electrons. The third-order valence-corrected chi connectivity index (χ3v) is 6.18. The average Bonchev–Trinajstić information content (AvgIpc) is 3.38. The minimum absolute atomic E-state index is 0.00121. The first kappa shape index (κ1) is 27.9. The van der Waals surface area contributed by atoms with Gasteiger partial charge in [-0.05, 0) is 60.5 Å². The van der Waals surface area contributed by atoms with Crippen LogP contribution in [0, 0.1) is 17.0 Å². The van der Waals surface area contributed by atoms with E-state index in [9.17, 15) is 19.7 Å². The lowest BCUT2D eigenvalue weighted by molar-refractivity contribution is -0.384. The quantitative estimate of drug-likeness (QED) is 0.113. The van der Waals surface area contributed by atoms with E-state index in [0.717, 1.165) is 22.5 Å². The normalized spacial score (nSPS) is 10.7. The van der Waals surface area contributed by atoms with Crippen LogP contribution in [0.2, 0.25) is 0 Å².